The third kappa shape index (κ3) is 4.33. The molecule has 2 rings (SSSR count). The fraction of sp³-hybridized carbons (Fsp3) is 0.231. The van der Waals surface area contributed by atoms with Crippen LogP contribution in [0.1, 0.15) is 11.1 Å². The number of hydrogen-bond acceptors (Lipinski definition) is 2. The monoisotopic (exact) mass is 330 g/mol. The van der Waals surface area contributed by atoms with Crippen LogP contribution in [0.4, 0.5) is 8.78 Å². The number of alkyl halides is 2. The Bertz CT molecular complexity index is 517. The molecule has 2 N–H and O–H groups in total. The van der Waals surface area contributed by atoms with Crippen LogP contribution >= 0.6 is 15.9 Å². The summed E-state index contributed by atoms with van der Waals surface area (Å²) in [5, 5.41) is 3.18. The minimum absolute atomic E-state index is 0.194. The lowest BCUT2D eigenvalue weighted by atomic mass is 10.2. The smallest absolute Gasteiger partial charge is 0.387 e. The molecule has 0 radical (unpaired) electrons. The first-order valence-electron chi connectivity index (χ1n) is 5.71. The Balaban J connectivity index is 1.99. The average Bonchev–Trinajstić information content (AvgIpc) is 2.85. The van der Waals surface area contributed by atoms with Crippen molar-refractivity contribution in [3.63, 3.8) is 0 Å². The topological polar surface area (TPSA) is 37.0 Å². The summed E-state index contributed by atoms with van der Waals surface area (Å²) in [6.45, 7) is -1.71. The second kappa shape index (κ2) is 6.68. The van der Waals surface area contributed by atoms with Crippen LogP contribution < -0.4 is 10.1 Å². The Hall–Kier alpha value is -1.40. The maximum absolute atomic E-state index is 12.3. The molecule has 0 unspecified atom stereocenters. The van der Waals surface area contributed by atoms with Crippen LogP contribution in [0.3, 0.4) is 0 Å². The van der Waals surface area contributed by atoms with Crippen molar-refractivity contribution < 1.29 is 13.5 Å². The number of benzene rings is 1. The molecule has 0 aliphatic rings. The van der Waals surface area contributed by atoms with E-state index in [-0.39, 0.29) is 5.75 Å². The fourth-order valence-electron chi connectivity index (χ4n) is 1.71. The largest absolute Gasteiger partial charge is 0.434 e. The lowest BCUT2D eigenvalue weighted by Gasteiger charge is -2.11. The zero-order chi connectivity index (χ0) is 13.7. The van der Waals surface area contributed by atoms with Gasteiger partial charge < -0.3 is 15.0 Å². The van der Waals surface area contributed by atoms with E-state index < -0.39 is 6.61 Å². The van der Waals surface area contributed by atoms with Gasteiger partial charge in [0.25, 0.3) is 0 Å². The molecule has 1 aromatic heterocycles. The molecule has 0 saturated heterocycles. The van der Waals surface area contributed by atoms with Gasteiger partial charge in [0.05, 0.1) is 0 Å². The normalized spacial score (nSPS) is 10.9. The van der Waals surface area contributed by atoms with Crippen LogP contribution in [0.5, 0.6) is 5.75 Å². The number of H-pyrrole nitrogens is 1. The summed E-state index contributed by atoms with van der Waals surface area (Å²) in [7, 11) is 0. The van der Waals surface area contributed by atoms with Gasteiger partial charge in [-0.25, -0.2) is 0 Å². The number of hydrogen-bond donors (Lipinski definition) is 2. The van der Waals surface area contributed by atoms with Gasteiger partial charge >= 0.3 is 6.61 Å². The quantitative estimate of drug-likeness (QED) is 0.847. The van der Waals surface area contributed by atoms with E-state index in [1.54, 1.807) is 12.1 Å². The molecule has 1 heterocycles. The van der Waals surface area contributed by atoms with Crippen molar-refractivity contribution in [2.45, 2.75) is 19.7 Å². The minimum Gasteiger partial charge on any atom is -0.434 e. The molecule has 3 nitrogen and oxygen atoms in total. The van der Waals surface area contributed by atoms with Crippen LogP contribution in [0.25, 0.3) is 0 Å². The Morgan fingerprint density at radius 3 is 2.79 bits per heavy atom. The number of nitrogens with one attached hydrogen (secondary N) is 2. The number of ether oxygens (including phenoxy) is 1. The molecular formula is C13H13BrF2N2O. The number of halogens is 3. The minimum atomic E-state index is -2.82. The zero-order valence-corrected chi connectivity index (χ0v) is 11.6. The first-order chi connectivity index (χ1) is 9.15. The van der Waals surface area contributed by atoms with Gasteiger partial charge in [-0.1, -0.05) is 15.9 Å². The van der Waals surface area contributed by atoms with E-state index in [2.05, 4.69) is 31.0 Å². The molecule has 102 valence electrons. The molecule has 19 heavy (non-hydrogen) atoms. The van der Waals surface area contributed by atoms with E-state index in [1.807, 2.05) is 18.5 Å². The molecule has 0 atom stereocenters. The third-order valence-electron chi connectivity index (χ3n) is 2.55. The highest BCUT2D eigenvalue weighted by atomic mass is 79.9. The SMILES string of the molecule is FC(F)Oc1ccc(Br)cc1CNCc1cc[nH]c1. The van der Waals surface area contributed by atoms with Gasteiger partial charge in [0.15, 0.2) is 0 Å². The van der Waals surface area contributed by atoms with Crippen molar-refractivity contribution in [3.05, 3.63) is 52.3 Å². The Labute approximate surface area is 118 Å². The lowest BCUT2D eigenvalue weighted by Crippen LogP contribution is -2.14. The molecule has 6 heteroatoms. The van der Waals surface area contributed by atoms with Crippen LogP contribution in [-0.2, 0) is 13.1 Å². The molecule has 0 amide bonds. The van der Waals surface area contributed by atoms with Gasteiger partial charge in [-0.05, 0) is 29.8 Å². The predicted octanol–water partition coefficient (Wildman–Crippen LogP) is 3.67. The number of aromatic amines is 1. The summed E-state index contributed by atoms with van der Waals surface area (Å²) in [5.41, 5.74) is 1.79. The van der Waals surface area contributed by atoms with Gasteiger partial charge in [0, 0.05) is 35.5 Å². The molecule has 0 aliphatic heterocycles. The van der Waals surface area contributed by atoms with Crippen LogP contribution in [0.15, 0.2) is 41.1 Å². The van der Waals surface area contributed by atoms with Gasteiger partial charge in [0.1, 0.15) is 5.75 Å². The average molecular weight is 331 g/mol. The van der Waals surface area contributed by atoms with Crippen LogP contribution in [0, 0.1) is 0 Å². The van der Waals surface area contributed by atoms with Crippen molar-refractivity contribution in [1.29, 1.82) is 0 Å². The van der Waals surface area contributed by atoms with Gasteiger partial charge in [0.2, 0.25) is 0 Å². The molecule has 0 fully saturated rings. The van der Waals surface area contributed by atoms with E-state index >= 15 is 0 Å². The summed E-state index contributed by atoms with van der Waals surface area (Å²) in [5.74, 6) is 0.194. The molecule has 1 aromatic carbocycles. The van der Waals surface area contributed by atoms with E-state index in [4.69, 9.17) is 0 Å². The van der Waals surface area contributed by atoms with Crippen molar-refractivity contribution in [3.8, 4) is 5.75 Å². The van der Waals surface area contributed by atoms with Crippen molar-refractivity contribution in [1.82, 2.24) is 10.3 Å². The summed E-state index contributed by atoms with van der Waals surface area (Å²) < 4.78 is 29.9. The van der Waals surface area contributed by atoms with Gasteiger partial charge in [-0.3, -0.25) is 0 Å². The summed E-state index contributed by atoms with van der Waals surface area (Å²) in [6, 6.07) is 6.92. The molecule has 0 bridgehead atoms. The lowest BCUT2D eigenvalue weighted by molar-refractivity contribution is -0.0505. The standard InChI is InChI=1S/C13H13BrF2N2O/c14-11-1-2-12(19-13(15)16)10(5-11)8-18-7-9-3-4-17-6-9/h1-6,13,17-18H,7-8H2. The first kappa shape index (κ1) is 14.0. The highest BCUT2D eigenvalue weighted by molar-refractivity contribution is 9.10. The molecule has 0 saturated carbocycles. The number of aromatic nitrogens is 1. The Morgan fingerprint density at radius 2 is 2.11 bits per heavy atom. The zero-order valence-electron chi connectivity index (χ0n) is 10.00. The predicted molar refractivity (Wildman–Crippen MR) is 72.1 cm³/mol. The van der Waals surface area contributed by atoms with Gasteiger partial charge in [-0.2, -0.15) is 8.78 Å². The maximum atomic E-state index is 12.3. The summed E-state index contributed by atoms with van der Waals surface area (Å²) >= 11 is 3.32. The van der Waals surface area contributed by atoms with Crippen molar-refractivity contribution >= 4 is 15.9 Å². The third-order valence-corrected chi connectivity index (χ3v) is 3.04. The first-order valence-corrected chi connectivity index (χ1v) is 6.50. The molecule has 0 spiro atoms. The van der Waals surface area contributed by atoms with Gasteiger partial charge in [-0.15, -0.1) is 0 Å². The van der Waals surface area contributed by atoms with Crippen molar-refractivity contribution in [2.75, 3.05) is 0 Å². The van der Waals surface area contributed by atoms with E-state index in [1.165, 1.54) is 6.07 Å². The fourth-order valence-corrected chi connectivity index (χ4v) is 2.12. The van der Waals surface area contributed by atoms with Crippen LogP contribution in [-0.4, -0.2) is 11.6 Å². The maximum Gasteiger partial charge on any atom is 0.387 e. The summed E-state index contributed by atoms with van der Waals surface area (Å²) in [6.07, 6.45) is 3.71. The molecule has 2 aromatic rings. The highest BCUT2D eigenvalue weighted by Crippen LogP contribution is 2.24. The second-order valence-electron chi connectivity index (χ2n) is 3.95. The number of rotatable bonds is 6. The second-order valence-corrected chi connectivity index (χ2v) is 4.87. The Kier molecular flexibility index (Phi) is 4.93. The van der Waals surface area contributed by atoms with Crippen LogP contribution in [0.2, 0.25) is 0 Å². The van der Waals surface area contributed by atoms with E-state index in [9.17, 15) is 8.78 Å². The summed E-state index contributed by atoms with van der Waals surface area (Å²) in [4.78, 5) is 2.95. The van der Waals surface area contributed by atoms with E-state index in [0.29, 0.717) is 18.7 Å². The highest BCUT2D eigenvalue weighted by Gasteiger charge is 2.09. The Morgan fingerprint density at radius 1 is 1.26 bits per heavy atom. The molecule has 0 aliphatic carbocycles. The molecular weight excluding hydrogens is 318 g/mol. The van der Waals surface area contributed by atoms with Crippen molar-refractivity contribution in [2.24, 2.45) is 0 Å². The van der Waals surface area contributed by atoms with E-state index in [0.717, 1.165) is 10.0 Å².